The number of hydrogen-bond acceptors (Lipinski definition) is 4. The van der Waals surface area contributed by atoms with Crippen LogP contribution < -0.4 is 0 Å². The molecule has 0 atom stereocenters. The number of allylic oxidation sites excluding steroid dienone is 1. The van der Waals surface area contributed by atoms with Crippen LogP contribution in [0.5, 0.6) is 0 Å². The Balaban J connectivity index is 2.45. The number of rotatable bonds is 7. The van der Waals surface area contributed by atoms with Crippen LogP contribution in [-0.2, 0) is 9.53 Å². The maximum Gasteiger partial charge on any atom is 0.305 e. The standard InChI is InChI=1S/C14H17NO4/c1-2-19-14(16)11-5-3-4-8-12-9-6-7-10-13(12)15(17)18/h4,6-10H,2-3,5,11H2,1H3. The second kappa shape index (κ2) is 8.02. The van der Waals surface area contributed by atoms with Crippen molar-refractivity contribution in [3.8, 4) is 0 Å². The molecule has 0 radical (unpaired) electrons. The van der Waals surface area contributed by atoms with Gasteiger partial charge in [-0.1, -0.05) is 24.3 Å². The summed E-state index contributed by atoms with van der Waals surface area (Å²) in [4.78, 5) is 21.5. The van der Waals surface area contributed by atoms with Crippen LogP contribution in [0.4, 0.5) is 5.69 Å². The Morgan fingerprint density at radius 1 is 1.42 bits per heavy atom. The molecule has 1 rings (SSSR count). The molecule has 0 N–H and O–H groups in total. The summed E-state index contributed by atoms with van der Waals surface area (Å²) in [5.74, 6) is -0.207. The zero-order valence-electron chi connectivity index (χ0n) is 10.9. The Bertz CT molecular complexity index is 468. The van der Waals surface area contributed by atoms with Crippen LogP contribution in [0.15, 0.2) is 30.3 Å². The van der Waals surface area contributed by atoms with E-state index in [1.54, 1.807) is 31.2 Å². The number of carbonyl (C=O) groups excluding carboxylic acids is 1. The highest BCUT2D eigenvalue weighted by Crippen LogP contribution is 2.19. The first kappa shape index (κ1) is 14.9. The van der Waals surface area contributed by atoms with E-state index >= 15 is 0 Å². The Morgan fingerprint density at radius 2 is 2.16 bits per heavy atom. The summed E-state index contributed by atoms with van der Waals surface area (Å²) < 4.78 is 4.80. The summed E-state index contributed by atoms with van der Waals surface area (Å²) in [6.07, 6.45) is 5.28. The number of hydrogen-bond donors (Lipinski definition) is 0. The number of para-hydroxylation sites is 1. The predicted molar refractivity (Wildman–Crippen MR) is 72.6 cm³/mol. The van der Waals surface area contributed by atoms with Gasteiger partial charge in [-0.15, -0.1) is 0 Å². The monoisotopic (exact) mass is 263 g/mol. The minimum absolute atomic E-state index is 0.0872. The molecule has 0 saturated heterocycles. The maximum absolute atomic E-state index is 11.1. The molecule has 0 saturated carbocycles. The molecule has 0 fully saturated rings. The molecule has 0 aliphatic heterocycles. The van der Waals surface area contributed by atoms with E-state index in [-0.39, 0.29) is 11.7 Å². The molecule has 1 aromatic carbocycles. The molecule has 0 aliphatic rings. The molecule has 0 aliphatic carbocycles. The molecule has 102 valence electrons. The lowest BCUT2D eigenvalue weighted by atomic mass is 10.1. The molecule has 5 nitrogen and oxygen atoms in total. The molecule has 0 amide bonds. The van der Waals surface area contributed by atoms with E-state index < -0.39 is 4.92 Å². The third-order valence-electron chi connectivity index (χ3n) is 2.49. The number of ether oxygens (including phenoxy) is 1. The van der Waals surface area contributed by atoms with Crippen LogP contribution in [-0.4, -0.2) is 17.5 Å². The van der Waals surface area contributed by atoms with Crippen LogP contribution in [0.25, 0.3) is 6.08 Å². The largest absolute Gasteiger partial charge is 0.466 e. The summed E-state index contributed by atoms with van der Waals surface area (Å²) in [5.41, 5.74) is 0.660. The van der Waals surface area contributed by atoms with Crippen molar-refractivity contribution in [3.05, 3.63) is 46.0 Å². The second-order valence-electron chi connectivity index (χ2n) is 3.92. The van der Waals surface area contributed by atoms with Crippen molar-refractivity contribution >= 4 is 17.7 Å². The number of unbranched alkanes of at least 4 members (excludes halogenated alkanes) is 1. The van der Waals surface area contributed by atoms with E-state index in [0.717, 1.165) is 0 Å². The van der Waals surface area contributed by atoms with Gasteiger partial charge in [0.2, 0.25) is 0 Å². The average molecular weight is 263 g/mol. The second-order valence-corrected chi connectivity index (χ2v) is 3.92. The van der Waals surface area contributed by atoms with Gasteiger partial charge in [0.25, 0.3) is 5.69 Å². The lowest BCUT2D eigenvalue weighted by molar-refractivity contribution is -0.385. The average Bonchev–Trinajstić information content (AvgIpc) is 2.39. The van der Waals surface area contributed by atoms with Crippen molar-refractivity contribution in [3.63, 3.8) is 0 Å². The maximum atomic E-state index is 11.1. The van der Waals surface area contributed by atoms with E-state index in [4.69, 9.17) is 4.74 Å². The lowest BCUT2D eigenvalue weighted by Crippen LogP contribution is -2.02. The zero-order chi connectivity index (χ0) is 14.1. The molecule has 0 aromatic heterocycles. The number of nitrogens with zero attached hydrogens (tertiary/aromatic N) is 1. The summed E-state index contributed by atoms with van der Waals surface area (Å²) in [5, 5.41) is 10.8. The number of esters is 1. The van der Waals surface area contributed by atoms with Crippen molar-refractivity contribution in [1.29, 1.82) is 0 Å². The molecular weight excluding hydrogens is 246 g/mol. The van der Waals surface area contributed by atoms with Crippen molar-refractivity contribution in [2.45, 2.75) is 26.2 Å². The van der Waals surface area contributed by atoms with Gasteiger partial charge < -0.3 is 4.74 Å². The van der Waals surface area contributed by atoms with Crippen molar-refractivity contribution in [2.75, 3.05) is 6.61 Å². The summed E-state index contributed by atoms with van der Waals surface area (Å²) >= 11 is 0. The fourth-order valence-corrected chi connectivity index (χ4v) is 1.60. The van der Waals surface area contributed by atoms with Gasteiger partial charge in [-0.25, -0.2) is 0 Å². The summed E-state index contributed by atoms with van der Waals surface area (Å²) in [6, 6.07) is 6.56. The van der Waals surface area contributed by atoms with Crippen LogP contribution in [0, 0.1) is 10.1 Å². The first-order valence-corrected chi connectivity index (χ1v) is 6.20. The molecular formula is C14H17NO4. The van der Waals surface area contributed by atoms with Crippen molar-refractivity contribution in [1.82, 2.24) is 0 Å². The molecule has 0 spiro atoms. The first-order valence-electron chi connectivity index (χ1n) is 6.20. The highest BCUT2D eigenvalue weighted by molar-refractivity contribution is 5.69. The smallest absolute Gasteiger partial charge is 0.305 e. The van der Waals surface area contributed by atoms with Gasteiger partial charge in [-0.3, -0.25) is 14.9 Å². The Labute approximate surface area is 112 Å². The lowest BCUT2D eigenvalue weighted by Gasteiger charge is -1.99. The summed E-state index contributed by atoms with van der Waals surface area (Å²) in [7, 11) is 0. The highest BCUT2D eigenvalue weighted by Gasteiger charge is 2.08. The SMILES string of the molecule is CCOC(=O)CCCC=Cc1ccccc1[N+](=O)[O-]. The van der Waals surface area contributed by atoms with Gasteiger partial charge in [-0.05, 0) is 25.8 Å². The fraction of sp³-hybridized carbons (Fsp3) is 0.357. The minimum Gasteiger partial charge on any atom is -0.466 e. The van der Waals surface area contributed by atoms with Gasteiger partial charge in [0.1, 0.15) is 0 Å². The highest BCUT2D eigenvalue weighted by atomic mass is 16.6. The predicted octanol–water partition coefficient (Wildman–Crippen LogP) is 3.34. The van der Waals surface area contributed by atoms with Gasteiger partial charge in [-0.2, -0.15) is 0 Å². The van der Waals surface area contributed by atoms with Gasteiger partial charge in [0, 0.05) is 12.5 Å². The van der Waals surface area contributed by atoms with E-state index in [0.29, 0.717) is 31.4 Å². The normalized spacial score (nSPS) is 10.6. The molecule has 0 bridgehead atoms. The Hall–Kier alpha value is -2.17. The Morgan fingerprint density at radius 3 is 2.84 bits per heavy atom. The van der Waals surface area contributed by atoms with Crippen LogP contribution in [0.2, 0.25) is 0 Å². The Kier molecular flexibility index (Phi) is 6.29. The number of benzene rings is 1. The van der Waals surface area contributed by atoms with Gasteiger partial charge in [0.05, 0.1) is 17.1 Å². The zero-order valence-corrected chi connectivity index (χ0v) is 10.9. The van der Waals surface area contributed by atoms with E-state index in [9.17, 15) is 14.9 Å². The number of carbonyl (C=O) groups is 1. The van der Waals surface area contributed by atoms with Crippen LogP contribution in [0.3, 0.4) is 0 Å². The third-order valence-corrected chi connectivity index (χ3v) is 2.49. The third kappa shape index (κ3) is 5.33. The summed E-state index contributed by atoms with van der Waals surface area (Å²) in [6.45, 7) is 2.16. The van der Waals surface area contributed by atoms with Gasteiger partial charge >= 0.3 is 5.97 Å². The van der Waals surface area contributed by atoms with Crippen LogP contribution in [0.1, 0.15) is 31.7 Å². The van der Waals surface area contributed by atoms with E-state index in [1.165, 1.54) is 6.07 Å². The minimum atomic E-state index is -0.404. The molecule has 0 unspecified atom stereocenters. The molecule has 19 heavy (non-hydrogen) atoms. The molecule has 1 aromatic rings. The van der Waals surface area contributed by atoms with E-state index in [2.05, 4.69) is 0 Å². The van der Waals surface area contributed by atoms with Crippen LogP contribution >= 0.6 is 0 Å². The fourth-order valence-electron chi connectivity index (χ4n) is 1.60. The quantitative estimate of drug-likeness (QED) is 0.327. The van der Waals surface area contributed by atoms with E-state index in [1.807, 2.05) is 6.08 Å². The molecule has 5 heteroatoms. The van der Waals surface area contributed by atoms with Crippen molar-refractivity contribution in [2.24, 2.45) is 0 Å². The molecule has 0 heterocycles. The van der Waals surface area contributed by atoms with Crippen molar-refractivity contribution < 1.29 is 14.5 Å². The number of nitro benzene ring substituents is 1. The number of nitro groups is 1. The van der Waals surface area contributed by atoms with Gasteiger partial charge in [0.15, 0.2) is 0 Å². The first-order chi connectivity index (χ1) is 9.15. The topological polar surface area (TPSA) is 69.4 Å².